The smallest absolute Gasteiger partial charge is 0.207 e. The maximum atomic E-state index is 12.0. The first-order valence-corrected chi connectivity index (χ1v) is 8.54. The van der Waals surface area contributed by atoms with Crippen LogP contribution < -0.4 is 4.72 Å². The van der Waals surface area contributed by atoms with Gasteiger partial charge in [0.25, 0.3) is 0 Å². The molecule has 0 spiro atoms. The lowest BCUT2D eigenvalue weighted by atomic mass is 9.85. The van der Waals surface area contributed by atoms with E-state index in [0.29, 0.717) is 4.21 Å². The van der Waals surface area contributed by atoms with Crippen LogP contribution in [0.4, 0.5) is 0 Å². The molecular weight excluding hydrogens is 254 g/mol. The molecule has 0 unspecified atom stereocenters. The fourth-order valence-corrected chi connectivity index (χ4v) is 4.70. The first kappa shape index (κ1) is 13.1. The summed E-state index contributed by atoms with van der Waals surface area (Å²) in [6, 6.07) is 3.56. The Balaban J connectivity index is 1.94. The van der Waals surface area contributed by atoms with Crippen LogP contribution in [0.25, 0.3) is 0 Å². The maximum Gasteiger partial charge on any atom is 0.250 e. The summed E-state index contributed by atoms with van der Waals surface area (Å²) in [5.41, 5.74) is 0. The zero-order valence-electron chi connectivity index (χ0n) is 10.1. The average molecular weight is 273 g/mol. The minimum atomic E-state index is -3.27. The Hall–Kier alpha value is -0.390. The summed E-state index contributed by atoms with van der Waals surface area (Å²) in [5.74, 6) is 0.789. The minimum absolute atomic E-state index is 0.130. The van der Waals surface area contributed by atoms with Crippen molar-refractivity contribution in [3.8, 4) is 0 Å². The topological polar surface area (TPSA) is 46.2 Å². The lowest BCUT2D eigenvalue weighted by Gasteiger charge is -2.27. The molecule has 0 amide bonds. The van der Waals surface area contributed by atoms with Gasteiger partial charge in [-0.1, -0.05) is 19.4 Å². The molecule has 0 radical (unpaired) electrons. The van der Waals surface area contributed by atoms with Crippen molar-refractivity contribution in [1.29, 1.82) is 0 Å². The molecule has 0 saturated heterocycles. The van der Waals surface area contributed by atoms with Crippen molar-refractivity contribution in [3.63, 3.8) is 0 Å². The Morgan fingerprint density at radius 1 is 1.35 bits per heavy atom. The van der Waals surface area contributed by atoms with Gasteiger partial charge in [0.2, 0.25) is 10.0 Å². The zero-order chi connectivity index (χ0) is 12.3. The van der Waals surface area contributed by atoms with Crippen LogP contribution in [0.1, 0.15) is 39.0 Å². The molecule has 3 nitrogen and oxygen atoms in total. The SMILES string of the molecule is CCC1CCC(NS(=O)(=O)c2cccs2)CC1. The molecule has 1 aliphatic carbocycles. The van der Waals surface area contributed by atoms with E-state index in [9.17, 15) is 8.42 Å². The van der Waals surface area contributed by atoms with Crippen LogP contribution in [-0.2, 0) is 10.0 Å². The molecule has 0 aromatic carbocycles. The van der Waals surface area contributed by atoms with Crippen molar-refractivity contribution in [1.82, 2.24) is 4.72 Å². The monoisotopic (exact) mass is 273 g/mol. The Bertz CT molecular complexity index is 431. The summed E-state index contributed by atoms with van der Waals surface area (Å²) in [7, 11) is -3.27. The highest BCUT2D eigenvalue weighted by molar-refractivity contribution is 7.91. The first-order chi connectivity index (χ1) is 8.12. The van der Waals surface area contributed by atoms with Crippen LogP contribution in [0, 0.1) is 5.92 Å². The van der Waals surface area contributed by atoms with Crippen molar-refractivity contribution in [2.24, 2.45) is 5.92 Å². The molecule has 1 fully saturated rings. The number of rotatable bonds is 4. The predicted molar refractivity (Wildman–Crippen MR) is 70.7 cm³/mol. The van der Waals surface area contributed by atoms with Gasteiger partial charge in [-0.2, -0.15) is 0 Å². The predicted octanol–water partition coefficient (Wildman–Crippen LogP) is 3.00. The van der Waals surface area contributed by atoms with Gasteiger partial charge in [-0.05, 0) is 43.0 Å². The fraction of sp³-hybridized carbons (Fsp3) is 0.667. The van der Waals surface area contributed by atoms with Crippen molar-refractivity contribution in [2.75, 3.05) is 0 Å². The molecule has 2 rings (SSSR count). The van der Waals surface area contributed by atoms with Crippen LogP contribution in [0.5, 0.6) is 0 Å². The van der Waals surface area contributed by atoms with Gasteiger partial charge < -0.3 is 0 Å². The van der Waals surface area contributed by atoms with E-state index < -0.39 is 10.0 Å². The van der Waals surface area contributed by atoms with E-state index >= 15 is 0 Å². The largest absolute Gasteiger partial charge is 0.250 e. The minimum Gasteiger partial charge on any atom is -0.207 e. The number of nitrogens with one attached hydrogen (secondary N) is 1. The van der Waals surface area contributed by atoms with Crippen molar-refractivity contribution < 1.29 is 8.42 Å². The van der Waals surface area contributed by atoms with Gasteiger partial charge in [-0.25, -0.2) is 13.1 Å². The first-order valence-electron chi connectivity index (χ1n) is 6.17. The summed E-state index contributed by atoms with van der Waals surface area (Å²) in [5, 5.41) is 1.79. The number of hydrogen-bond donors (Lipinski definition) is 1. The van der Waals surface area contributed by atoms with E-state index in [1.165, 1.54) is 17.8 Å². The lowest BCUT2D eigenvalue weighted by molar-refractivity contribution is 0.306. The molecule has 96 valence electrons. The molecule has 1 N–H and O–H groups in total. The second-order valence-corrected chi connectivity index (χ2v) is 7.57. The Morgan fingerprint density at radius 2 is 2.06 bits per heavy atom. The highest BCUT2D eigenvalue weighted by Gasteiger charge is 2.25. The molecule has 0 bridgehead atoms. The Morgan fingerprint density at radius 3 is 2.59 bits per heavy atom. The standard InChI is InChI=1S/C12H19NO2S2/c1-2-10-5-7-11(8-6-10)13-17(14,15)12-4-3-9-16-12/h3-4,9-11,13H,2,5-8H2,1H3. The van der Waals surface area contributed by atoms with Gasteiger partial charge in [0.15, 0.2) is 0 Å². The number of thiophene rings is 1. The molecule has 5 heteroatoms. The van der Waals surface area contributed by atoms with Crippen LogP contribution in [-0.4, -0.2) is 14.5 Å². The Kier molecular flexibility index (Phi) is 4.22. The second-order valence-electron chi connectivity index (χ2n) is 4.68. The highest BCUT2D eigenvalue weighted by Crippen LogP contribution is 2.27. The molecule has 1 aliphatic rings. The summed E-state index contributed by atoms with van der Waals surface area (Å²) in [6.45, 7) is 2.21. The molecule has 0 aliphatic heterocycles. The summed E-state index contributed by atoms with van der Waals surface area (Å²) in [4.78, 5) is 0. The third-order valence-corrected chi connectivity index (χ3v) is 6.42. The molecule has 1 heterocycles. The van der Waals surface area contributed by atoms with Crippen LogP contribution in [0.15, 0.2) is 21.7 Å². The molecule has 1 saturated carbocycles. The van der Waals surface area contributed by atoms with Crippen LogP contribution in [0.2, 0.25) is 0 Å². The van der Waals surface area contributed by atoms with Crippen molar-refractivity contribution in [2.45, 2.75) is 49.3 Å². The molecule has 0 atom stereocenters. The molecule has 1 aromatic heterocycles. The van der Waals surface area contributed by atoms with E-state index in [2.05, 4.69) is 11.6 Å². The molecule has 17 heavy (non-hydrogen) atoms. The highest BCUT2D eigenvalue weighted by atomic mass is 32.2. The van der Waals surface area contributed by atoms with Gasteiger partial charge in [0.1, 0.15) is 4.21 Å². The van der Waals surface area contributed by atoms with Gasteiger partial charge in [-0.3, -0.25) is 0 Å². The quantitative estimate of drug-likeness (QED) is 0.916. The average Bonchev–Trinajstić information content (AvgIpc) is 2.84. The fourth-order valence-electron chi connectivity index (χ4n) is 2.38. The normalized spacial score (nSPS) is 25.9. The number of sulfonamides is 1. The van der Waals surface area contributed by atoms with E-state index in [-0.39, 0.29) is 6.04 Å². The zero-order valence-corrected chi connectivity index (χ0v) is 11.7. The summed E-state index contributed by atoms with van der Waals surface area (Å²) < 4.78 is 27.3. The van der Waals surface area contributed by atoms with Gasteiger partial charge in [0.05, 0.1) is 0 Å². The van der Waals surface area contributed by atoms with Gasteiger partial charge in [0, 0.05) is 6.04 Å². The van der Waals surface area contributed by atoms with E-state index in [4.69, 9.17) is 0 Å². The lowest BCUT2D eigenvalue weighted by Crippen LogP contribution is -2.37. The summed E-state index contributed by atoms with van der Waals surface area (Å²) >= 11 is 1.27. The summed E-state index contributed by atoms with van der Waals surface area (Å²) in [6.07, 6.45) is 5.46. The van der Waals surface area contributed by atoms with Crippen LogP contribution >= 0.6 is 11.3 Å². The van der Waals surface area contributed by atoms with Gasteiger partial charge in [-0.15, -0.1) is 11.3 Å². The molecular formula is C12H19NO2S2. The van der Waals surface area contributed by atoms with E-state index in [1.54, 1.807) is 17.5 Å². The van der Waals surface area contributed by atoms with Crippen molar-refractivity contribution in [3.05, 3.63) is 17.5 Å². The van der Waals surface area contributed by atoms with Crippen molar-refractivity contribution >= 4 is 21.4 Å². The third kappa shape index (κ3) is 3.30. The number of hydrogen-bond acceptors (Lipinski definition) is 3. The van der Waals surface area contributed by atoms with E-state index in [1.807, 2.05) is 0 Å². The molecule has 1 aromatic rings. The second kappa shape index (κ2) is 5.50. The van der Waals surface area contributed by atoms with E-state index in [0.717, 1.165) is 31.6 Å². The van der Waals surface area contributed by atoms with Gasteiger partial charge >= 0.3 is 0 Å². The third-order valence-electron chi connectivity index (χ3n) is 3.51. The van der Waals surface area contributed by atoms with Crippen LogP contribution in [0.3, 0.4) is 0 Å². The maximum absolute atomic E-state index is 12.0. The Labute approximate surface area is 107 Å².